The second-order valence-corrected chi connectivity index (χ2v) is 19.9. The first-order valence-electron chi connectivity index (χ1n) is 12.5. The number of nitrogens with zero attached hydrogens (tertiary/aromatic N) is 1. The molecule has 35 heavy (non-hydrogen) atoms. The van der Waals surface area contributed by atoms with Gasteiger partial charge in [-0.2, -0.15) is 4.57 Å². The summed E-state index contributed by atoms with van der Waals surface area (Å²) in [5.74, 6) is 0.986. The SMILES string of the molecule is Cc1ccc2c(c1-c1oc3c4c(ccc3[n+]1C)[Si](C)(C)c1ccccc1-4)[Si](C)(C)c1ccccc1-2. The summed E-state index contributed by atoms with van der Waals surface area (Å²) in [7, 11) is -1.45. The predicted molar refractivity (Wildman–Crippen MR) is 152 cm³/mol. The maximum atomic E-state index is 6.98. The Hall–Kier alpha value is -3.22. The van der Waals surface area contributed by atoms with Gasteiger partial charge in [-0.1, -0.05) is 92.9 Å². The summed E-state index contributed by atoms with van der Waals surface area (Å²) in [6, 6.07) is 27.3. The summed E-state index contributed by atoms with van der Waals surface area (Å²) in [5.41, 5.74) is 10.3. The summed E-state index contributed by atoms with van der Waals surface area (Å²) >= 11 is 0. The van der Waals surface area contributed by atoms with Gasteiger partial charge in [-0.3, -0.25) is 0 Å². The standard InChI is InChI=1S/C31H30NOSi2/c1-19-15-16-21-20-11-7-9-13-24(20)35(5,6)30(21)27(19)31-32(2)23-17-18-26-28(29(23)33-31)22-12-8-10-14-25(22)34(26,3)4/h7-18H,1-6H3/q+1. The Bertz CT molecular complexity index is 1720. The number of hydrogen-bond donors (Lipinski definition) is 0. The van der Waals surface area contributed by atoms with Gasteiger partial charge in [0.25, 0.3) is 5.52 Å². The van der Waals surface area contributed by atoms with Gasteiger partial charge in [0.05, 0.1) is 5.56 Å². The third kappa shape index (κ3) is 2.51. The van der Waals surface area contributed by atoms with Crippen molar-refractivity contribution in [3.63, 3.8) is 0 Å². The van der Waals surface area contributed by atoms with E-state index in [2.05, 4.69) is 118 Å². The van der Waals surface area contributed by atoms with Gasteiger partial charge in [0.2, 0.25) is 5.58 Å². The minimum atomic E-state index is -1.88. The summed E-state index contributed by atoms with van der Waals surface area (Å²) in [4.78, 5) is 0. The van der Waals surface area contributed by atoms with E-state index in [4.69, 9.17) is 4.42 Å². The van der Waals surface area contributed by atoms with E-state index in [0.29, 0.717) is 0 Å². The molecule has 2 aliphatic heterocycles. The van der Waals surface area contributed by atoms with E-state index < -0.39 is 16.1 Å². The molecule has 0 bridgehead atoms. The van der Waals surface area contributed by atoms with Crippen LogP contribution in [0.1, 0.15) is 5.56 Å². The molecule has 5 aromatic rings. The molecule has 4 heteroatoms. The number of hydrogen-bond acceptors (Lipinski definition) is 1. The van der Waals surface area contributed by atoms with E-state index in [1.807, 2.05) is 0 Å². The van der Waals surface area contributed by atoms with Gasteiger partial charge < -0.3 is 4.42 Å². The second kappa shape index (κ2) is 6.71. The third-order valence-electron chi connectivity index (χ3n) is 8.69. The number of benzene rings is 4. The van der Waals surface area contributed by atoms with Crippen LogP contribution < -0.4 is 25.3 Å². The summed E-state index contributed by atoms with van der Waals surface area (Å²) < 4.78 is 9.28. The van der Waals surface area contributed by atoms with Crippen molar-refractivity contribution in [3.05, 3.63) is 78.4 Å². The van der Waals surface area contributed by atoms with E-state index in [0.717, 1.165) is 11.5 Å². The first-order valence-corrected chi connectivity index (χ1v) is 18.5. The molecule has 2 nitrogen and oxygen atoms in total. The van der Waals surface area contributed by atoms with Gasteiger partial charge in [-0.25, -0.2) is 0 Å². The average Bonchev–Trinajstić information content (AvgIpc) is 3.39. The van der Waals surface area contributed by atoms with Crippen molar-refractivity contribution in [3.8, 4) is 33.7 Å². The summed E-state index contributed by atoms with van der Waals surface area (Å²) in [6.45, 7) is 12.2. The summed E-state index contributed by atoms with van der Waals surface area (Å²) in [5, 5.41) is 6.05. The van der Waals surface area contributed by atoms with Crippen LogP contribution in [-0.4, -0.2) is 16.1 Å². The van der Waals surface area contributed by atoms with Crippen molar-refractivity contribution in [1.29, 1.82) is 0 Å². The fourth-order valence-electron chi connectivity index (χ4n) is 6.87. The molecule has 3 heterocycles. The quantitative estimate of drug-likeness (QED) is 0.244. The molecule has 7 rings (SSSR count). The topological polar surface area (TPSA) is 17.0 Å². The molecule has 4 aromatic carbocycles. The van der Waals surface area contributed by atoms with Crippen LogP contribution >= 0.6 is 0 Å². The Labute approximate surface area is 208 Å². The molecule has 0 amide bonds. The van der Waals surface area contributed by atoms with Crippen LogP contribution in [0.3, 0.4) is 0 Å². The fourth-order valence-corrected chi connectivity index (χ4v) is 13.4. The Morgan fingerprint density at radius 2 is 1.29 bits per heavy atom. The van der Waals surface area contributed by atoms with E-state index in [1.165, 1.54) is 59.6 Å². The zero-order valence-corrected chi connectivity index (χ0v) is 23.3. The highest BCUT2D eigenvalue weighted by Crippen LogP contribution is 2.38. The first-order chi connectivity index (χ1) is 16.7. The van der Waals surface area contributed by atoms with E-state index in [1.54, 1.807) is 0 Å². The van der Waals surface area contributed by atoms with Gasteiger partial charge >= 0.3 is 5.89 Å². The molecule has 0 aliphatic carbocycles. The lowest BCUT2D eigenvalue weighted by atomic mass is 9.99. The van der Waals surface area contributed by atoms with E-state index in [-0.39, 0.29) is 0 Å². The third-order valence-corrected chi connectivity index (χ3v) is 15.8. The predicted octanol–water partition coefficient (Wildman–Crippen LogP) is 4.84. The van der Waals surface area contributed by atoms with Crippen molar-refractivity contribution >= 4 is 48.0 Å². The maximum absolute atomic E-state index is 6.98. The maximum Gasteiger partial charge on any atom is 0.381 e. The van der Waals surface area contributed by atoms with E-state index in [9.17, 15) is 0 Å². The zero-order valence-electron chi connectivity index (χ0n) is 21.3. The van der Waals surface area contributed by atoms with Crippen molar-refractivity contribution in [1.82, 2.24) is 0 Å². The molecule has 0 N–H and O–H groups in total. The normalized spacial score (nSPS) is 16.2. The van der Waals surface area contributed by atoms with Crippen molar-refractivity contribution in [2.45, 2.75) is 33.1 Å². The lowest BCUT2D eigenvalue weighted by Crippen LogP contribution is -2.50. The summed E-state index contributed by atoms with van der Waals surface area (Å²) in [6.07, 6.45) is 0. The van der Waals surface area contributed by atoms with Crippen molar-refractivity contribution in [2.75, 3.05) is 0 Å². The Balaban J connectivity index is 1.56. The van der Waals surface area contributed by atoms with Crippen LogP contribution in [0.25, 0.3) is 44.8 Å². The largest absolute Gasteiger partial charge is 0.397 e. The van der Waals surface area contributed by atoms with Crippen LogP contribution in [0.2, 0.25) is 26.2 Å². The molecule has 0 spiro atoms. The van der Waals surface area contributed by atoms with Crippen LogP contribution in [-0.2, 0) is 7.05 Å². The van der Waals surface area contributed by atoms with Gasteiger partial charge in [0, 0.05) is 11.6 Å². The molecule has 0 atom stereocenters. The van der Waals surface area contributed by atoms with Gasteiger partial charge in [0.15, 0.2) is 0 Å². The minimum Gasteiger partial charge on any atom is -0.397 e. The molecule has 0 unspecified atom stereocenters. The highest BCUT2D eigenvalue weighted by molar-refractivity contribution is 7.05. The molecule has 0 radical (unpaired) electrons. The van der Waals surface area contributed by atoms with Gasteiger partial charge in [-0.15, -0.1) is 0 Å². The van der Waals surface area contributed by atoms with Gasteiger partial charge in [0.1, 0.15) is 23.2 Å². The Morgan fingerprint density at radius 3 is 2.03 bits per heavy atom. The molecule has 0 saturated heterocycles. The second-order valence-electron chi connectivity index (χ2n) is 11.3. The lowest BCUT2D eigenvalue weighted by Gasteiger charge is -2.21. The Kier molecular flexibility index (Phi) is 4.05. The average molecular weight is 489 g/mol. The first kappa shape index (κ1) is 21.1. The molecule has 0 fully saturated rings. The minimum absolute atomic E-state index is 0.986. The van der Waals surface area contributed by atoms with Crippen LogP contribution in [0.4, 0.5) is 0 Å². The number of rotatable bonds is 1. The smallest absolute Gasteiger partial charge is 0.381 e. The number of oxazole rings is 1. The monoisotopic (exact) mass is 488 g/mol. The molecule has 0 saturated carbocycles. The van der Waals surface area contributed by atoms with Gasteiger partial charge in [-0.05, 0) is 49.9 Å². The molecule has 1 aromatic heterocycles. The molecular weight excluding hydrogens is 459 g/mol. The lowest BCUT2D eigenvalue weighted by molar-refractivity contribution is -0.637. The van der Waals surface area contributed by atoms with Crippen molar-refractivity contribution in [2.24, 2.45) is 7.05 Å². The Morgan fingerprint density at radius 1 is 0.629 bits per heavy atom. The fraction of sp³-hybridized carbons (Fsp3) is 0.194. The number of aromatic nitrogens is 1. The van der Waals surface area contributed by atoms with Crippen LogP contribution in [0, 0.1) is 6.92 Å². The molecular formula is C31H30NOSi2+. The number of aryl methyl sites for hydroxylation is 2. The zero-order chi connectivity index (χ0) is 24.3. The van der Waals surface area contributed by atoms with Crippen LogP contribution in [0.15, 0.2) is 77.2 Å². The molecule has 2 aliphatic rings. The number of fused-ring (bicyclic) bond motifs is 8. The van der Waals surface area contributed by atoms with Crippen molar-refractivity contribution < 1.29 is 8.98 Å². The molecule has 172 valence electrons. The van der Waals surface area contributed by atoms with E-state index >= 15 is 0 Å². The van der Waals surface area contributed by atoms with Crippen LogP contribution in [0.5, 0.6) is 0 Å². The highest BCUT2D eigenvalue weighted by Gasteiger charge is 2.44. The highest BCUT2D eigenvalue weighted by atomic mass is 28.3.